The third-order valence-electron chi connectivity index (χ3n) is 1.90. The zero-order valence-electron chi connectivity index (χ0n) is 8.79. The Morgan fingerprint density at radius 1 is 1.41 bits per heavy atom. The van der Waals surface area contributed by atoms with Crippen molar-refractivity contribution in [3.05, 3.63) is 24.0 Å². The molecule has 0 saturated carbocycles. The average molecular weight is 248 g/mol. The maximum absolute atomic E-state index is 12.2. The van der Waals surface area contributed by atoms with Crippen LogP contribution in [-0.2, 0) is 11.0 Å². The van der Waals surface area contributed by atoms with Crippen LogP contribution in [0.1, 0.15) is 18.5 Å². The van der Waals surface area contributed by atoms with Gasteiger partial charge in [0.1, 0.15) is 5.69 Å². The van der Waals surface area contributed by atoms with Gasteiger partial charge in [-0.05, 0) is 18.6 Å². The number of hydrogen-bond donors (Lipinski definition) is 2. The standard InChI is InChI=1S/C10H11F3N2O2/c11-10(12,13)8-4-3-7(6-14-8)15-9(17)2-1-5-16/h3-4,6,16H,1-2,5H2,(H,15,17). The Morgan fingerprint density at radius 3 is 2.59 bits per heavy atom. The Labute approximate surface area is 95.5 Å². The molecule has 0 aromatic carbocycles. The minimum absolute atomic E-state index is 0.109. The van der Waals surface area contributed by atoms with Gasteiger partial charge in [-0.1, -0.05) is 0 Å². The summed E-state index contributed by atoms with van der Waals surface area (Å²) >= 11 is 0. The van der Waals surface area contributed by atoms with Gasteiger partial charge in [0, 0.05) is 13.0 Å². The van der Waals surface area contributed by atoms with Crippen LogP contribution in [0.3, 0.4) is 0 Å². The molecule has 0 unspecified atom stereocenters. The molecule has 17 heavy (non-hydrogen) atoms. The van der Waals surface area contributed by atoms with Gasteiger partial charge < -0.3 is 10.4 Å². The summed E-state index contributed by atoms with van der Waals surface area (Å²) in [5.41, 5.74) is -0.813. The van der Waals surface area contributed by atoms with E-state index in [1.54, 1.807) is 0 Å². The van der Waals surface area contributed by atoms with E-state index < -0.39 is 11.9 Å². The number of aliphatic hydroxyl groups is 1. The van der Waals surface area contributed by atoms with Gasteiger partial charge in [-0.15, -0.1) is 0 Å². The van der Waals surface area contributed by atoms with Crippen molar-refractivity contribution in [1.82, 2.24) is 4.98 Å². The molecule has 0 aliphatic carbocycles. The van der Waals surface area contributed by atoms with Crippen molar-refractivity contribution < 1.29 is 23.1 Å². The molecule has 0 aliphatic rings. The predicted molar refractivity (Wildman–Crippen MR) is 54.2 cm³/mol. The number of hydrogen-bond acceptors (Lipinski definition) is 3. The molecule has 0 atom stereocenters. The first kappa shape index (κ1) is 13.4. The second-order valence-corrected chi connectivity index (χ2v) is 3.31. The second kappa shape index (κ2) is 5.62. The van der Waals surface area contributed by atoms with Crippen LogP contribution < -0.4 is 5.32 Å². The van der Waals surface area contributed by atoms with E-state index in [2.05, 4.69) is 10.3 Å². The summed E-state index contributed by atoms with van der Waals surface area (Å²) in [6, 6.07) is 1.92. The smallest absolute Gasteiger partial charge is 0.396 e. The Hall–Kier alpha value is -1.63. The van der Waals surface area contributed by atoms with Gasteiger partial charge in [0.05, 0.1) is 11.9 Å². The second-order valence-electron chi connectivity index (χ2n) is 3.31. The third kappa shape index (κ3) is 4.39. The van der Waals surface area contributed by atoms with Gasteiger partial charge in [-0.2, -0.15) is 13.2 Å². The first-order valence-electron chi connectivity index (χ1n) is 4.87. The van der Waals surface area contributed by atoms with Crippen LogP contribution in [0.25, 0.3) is 0 Å². The van der Waals surface area contributed by atoms with E-state index in [0.29, 0.717) is 6.42 Å². The topological polar surface area (TPSA) is 62.2 Å². The summed E-state index contributed by atoms with van der Waals surface area (Å²) in [6.07, 6.45) is -3.13. The van der Waals surface area contributed by atoms with Crippen molar-refractivity contribution in [2.75, 3.05) is 11.9 Å². The Morgan fingerprint density at radius 2 is 2.12 bits per heavy atom. The zero-order chi connectivity index (χ0) is 12.9. The molecule has 7 heteroatoms. The maximum atomic E-state index is 12.2. The molecule has 0 aliphatic heterocycles. The fourth-order valence-corrected chi connectivity index (χ4v) is 1.10. The monoisotopic (exact) mass is 248 g/mol. The number of nitrogens with zero attached hydrogens (tertiary/aromatic N) is 1. The summed E-state index contributed by atoms with van der Waals surface area (Å²) < 4.78 is 36.5. The number of aliphatic hydroxyl groups excluding tert-OH is 1. The lowest BCUT2D eigenvalue weighted by molar-refractivity contribution is -0.141. The number of carbonyl (C=O) groups is 1. The van der Waals surface area contributed by atoms with Gasteiger partial charge >= 0.3 is 6.18 Å². The van der Waals surface area contributed by atoms with E-state index in [4.69, 9.17) is 5.11 Å². The van der Waals surface area contributed by atoms with Gasteiger partial charge in [-0.3, -0.25) is 4.79 Å². The molecule has 4 nitrogen and oxygen atoms in total. The van der Waals surface area contributed by atoms with Crippen LogP contribution in [0.4, 0.5) is 18.9 Å². The average Bonchev–Trinajstić information content (AvgIpc) is 2.26. The quantitative estimate of drug-likeness (QED) is 0.854. The van der Waals surface area contributed by atoms with Crippen LogP contribution in [0.5, 0.6) is 0 Å². The van der Waals surface area contributed by atoms with Crippen LogP contribution in [0.2, 0.25) is 0 Å². The molecule has 1 amide bonds. The number of alkyl halides is 3. The lowest BCUT2D eigenvalue weighted by Crippen LogP contribution is -2.13. The highest BCUT2D eigenvalue weighted by molar-refractivity contribution is 5.90. The summed E-state index contributed by atoms with van der Waals surface area (Å²) in [5, 5.41) is 10.9. The van der Waals surface area contributed by atoms with Crippen LogP contribution in [-0.4, -0.2) is 22.6 Å². The highest BCUT2D eigenvalue weighted by Gasteiger charge is 2.32. The summed E-state index contributed by atoms with van der Waals surface area (Å²) in [5.74, 6) is -0.374. The normalized spacial score (nSPS) is 11.3. The molecule has 94 valence electrons. The Balaban J connectivity index is 2.60. The number of halogens is 3. The minimum Gasteiger partial charge on any atom is -0.396 e. The highest BCUT2D eigenvalue weighted by Crippen LogP contribution is 2.27. The van der Waals surface area contributed by atoms with Gasteiger partial charge in [0.15, 0.2) is 0 Å². The minimum atomic E-state index is -4.49. The predicted octanol–water partition coefficient (Wildman–Crippen LogP) is 1.81. The van der Waals surface area contributed by atoms with Crippen LogP contribution in [0, 0.1) is 0 Å². The molecule has 1 aromatic rings. The number of pyridine rings is 1. The summed E-state index contributed by atoms with van der Waals surface area (Å²) in [6.45, 7) is -0.112. The highest BCUT2D eigenvalue weighted by atomic mass is 19.4. The van der Waals surface area contributed by atoms with Crippen molar-refractivity contribution in [2.45, 2.75) is 19.0 Å². The number of rotatable bonds is 4. The fraction of sp³-hybridized carbons (Fsp3) is 0.400. The molecule has 0 bridgehead atoms. The van der Waals surface area contributed by atoms with Gasteiger partial charge in [0.2, 0.25) is 5.91 Å². The number of aromatic nitrogens is 1. The molecule has 1 aromatic heterocycles. The molecular weight excluding hydrogens is 237 g/mol. The lowest BCUT2D eigenvalue weighted by Gasteiger charge is -2.07. The maximum Gasteiger partial charge on any atom is 0.433 e. The SMILES string of the molecule is O=C(CCCO)Nc1ccc(C(F)(F)F)nc1. The fourth-order valence-electron chi connectivity index (χ4n) is 1.10. The first-order chi connectivity index (χ1) is 7.93. The molecule has 0 spiro atoms. The van der Waals surface area contributed by atoms with E-state index in [1.807, 2.05) is 0 Å². The number of carbonyl (C=O) groups excluding carboxylic acids is 1. The van der Waals surface area contributed by atoms with Crippen molar-refractivity contribution in [1.29, 1.82) is 0 Å². The van der Waals surface area contributed by atoms with Crippen molar-refractivity contribution in [3.63, 3.8) is 0 Å². The molecule has 2 N–H and O–H groups in total. The van der Waals surface area contributed by atoms with Crippen molar-refractivity contribution >= 4 is 11.6 Å². The van der Waals surface area contributed by atoms with Crippen molar-refractivity contribution in [2.24, 2.45) is 0 Å². The number of amides is 1. The van der Waals surface area contributed by atoms with E-state index in [1.165, 1.54) is 0 Å². The molecule has 0 radical (unpaired) electrons. The summed E-state index contributed by atoms with van der Waals surface area (Å²) in [4.78, 5) is 14.4. The largest absolute Gasteiger partial charge is 0.433 e. The number of anilines is 1. The molecule has 0 fully saturated rings. The molecular formula is C10H11F3N2O2. The van der Waals surface area contributed by atoms with Crippen LogP contribution in [0.15, 0.2) is 18.3 Å². The number of nitrogens with one attached hydrogen (secondary N) is 1. The van der Waals surface area contributed by atoms with Gasteiger partial charge in [0.25, 0.3) is 0 Å². The lowest BCUT2D eigenvalue weighted by atomic mass is 10.3. The summed E-state index contributed by atoms with van der Waals surface area (Å²) in [7, 11) is 0. The van der Waals surface area contributed by atoms with E-state index in [9.17, 15) is 18.0 Å². The van der Waals surface area contributed by atoms with E-state index in [-0.39, 0.29) is 24.6 Å². The van der Waals surface area contributed by atoms with Gasteiger partial charge in [-0.25, -0.2) is 4.98 Å². The first-order valence-corrected chi connectivity index (χ1v) is 4.87. The van der Waals surface area contributed by atoms with Crippen LogP contribution >= 0.6 is 0 Å². The third-order valence-corrected chi connectivity index (χ3v) is 1.90. The van der Waals surface area contributed by atoms with Crippen molar-refractivity contribution in [3.8, 4) is 0 Å². The molecule has 0 saturated heterocycles. The Bertz CT molecular complexity index is 376. The Kier molecular flexibility index (Phi) is 4.45. The molecule has 1 heterocycles. The van der Waals surface area contributed by atoms with E-state index >= 15 is 0 Å². The van der Waals surface area contributed by atoms with E-state index in [0.717, 1.165) is 18.3 Å². The zero-order valence-corrected chi connectivity index (χ0v) is 8.79. The molecule has 1 rings (SSSR count).